The lowest BCUT2D eigenvalue weighted by atomic mass is 10.1. The van der Waals surface area contributed by atoms with E-state index in [2.05, 4.69) is 15.0 Å². The van der Waals surface area contributed by atoms with Gasteiger partial charge in [-0.15, -0.1) is 0 Å². The number of aliphatic hydroxyl groups excluding tert-OH is 2. The first-order valence-corrected chi connectivity index (χ1v) is 19.7. The fraction of sp³-hybridized carbons (Fsp3) is 0.297. The van der Waals surface area contributed by atoms with E-state index in [0.29, 0.717) is 44.7 Å². The van der Waals surface area contributed by atoms with Crippen molar-refractivity contribution >= 4 is 54.6 Å². The molecule has 57 heavy (non-hydrogen) atoms. The largest absolute Gasteiger partial charge is 0.475 e. The molecule has 3 aromatic carbocycles. The highest BCUT2D eigenvalue weighted by atomic mass is 32.2. The lowest BCUT2D eigenvalue weighted by Crippen LogP contribution is -2.33. The van der Waals surface area contributed by atoms with Crippen LogP contribution in [-0.2, 0) is 56.2 Å². The molecule has 1 fully saturated rings. The number of fused-ring (bicyclic) bond motifs is 1. The molecule has 300 valence electrons. The summed E-state index contributed by atoms with van der Waals surface area (Å²) in [6.45, 7) is 2.84. The molecule has 2 aromatic heterocycles. The van der Waals surface area contributed by atoms with E-state index in [-0.39, 0.29) is 24.8 Å². The minimum Gasteiger partial charge on any atom is -0.427 e. The molecule has 0 radical (unpaired) electrons. The Hall–Kier alpha value is -5.24. The molecule has 6 rings (SSSR count). The maximum atomic E-state index is 14.0. The fourth-order valence-corrected chi connectivity index (χ4v) is 7.59. The zero-order valence-electron chi connectivity index (χ0n) is 30.8. The van der Waals surface area contributed by atoms with E-state index >= 15 is 0 Å². The van der Waals surface area contributed by atoms with Crippen molar-refractivity contribution in [3.63, 3.8) is 0 Å². The average molecular weight is 824 g/mol. The van der Waals surface area contributed by atoms with Crippen molar-refractivity contribution < 1.29 is 61.7 Å². The van der Waals surface area contributed by atoms with Crippen LogP contribution in [0.3, 0.4) is 0 Å². The van der Waals surface area contributed by atoms with Gasteiger partial charge in [0.1, 0.15) is 46.1 Å². The van der Waals surface area contributed by atoms with Gasteiger partial charge < -0.3 is 34.9 Å². The standard InChI is InChI=1S/C37H38N5O13PS/c1-21(43)52-27-10-4-24(5-11-27)16-49-56(48,50-17-25-6-12-28(13-7-25)53-22(2)44)51-18-30-32(46)33(47)36(55-30)42-20-39-31-34(42)40-37(38)41-35(31)57-19-26-8-14-29(15-9-26)54-23(3)45/h4-15,20,30,32-33,36,46-47H,16-19H2,1-3H3,(H2,38,40,41)/t30-,32-,33-,36-/m1/s1. The molecule has 20 heteroatoms. The van der Waals surface area contributed by atoms with Crippen LogP contribution in [0.2, 0.25) is 0 Å². The van der Waals surface area contributed by atoms with Crippen LogP contribution in [-0.4, -0.2) is 72.6 Å². The second-order valence-corrected chi connectivity index (χ2v) is 15.2. The number of ether oxygens (including phenoxy) is 4. The molecule has 18 nitrogen and oxygen atoms in total. The Morgan fingerprint density at radius 3 is 1.74 bits per heavy atom. The number of nitrogens with zero attached hydrogens (tertiary/aromatic N) is 4. The number of nitrogen functional groups attached to an aromatic ring is 1. The van der Waals surface area contributed by atoms with Gasteiger partial charge in [0.25, 0.3) is 0 Å². The maximum Gasteiger partial charge on any atom is 0.475 e. The molecule has 0 amide bonds. The minimum absolute atomic E-state index is 0.0675. The van der Waals surface area contributed by atoms with Gasteiger partial charge in [0.05, 0.1) is 26.1 Å². The van der Waals surface area contributed by atoms with Gasteiger partial charge in [0, 0.05) is 26.5 Å². The second-order valence-electron chi connectivity index (χ2n) is 12.5. The van der Waals surface area contributed by atoms with Crippen molar-refractivity contribution in [1.29, 1.82) is 0 Å². The van der Waals surface area contributed by atoms with Gasteiger partial charge in [-0.1, -0.05) is 48.2 Å². The molecule has 1 aliphatic rings. The molecule has 5 aromatic rings. The lowest BCUT2D eigenvalue weighted by Gasteiger charge is -2.21. The van der Waals surface area contributed by atoms with Crippen LogP contribution < -0.4 is 19.9 Å². The number of phosphoric ester groups is 1. The van der Waals surface area contributed by atoms with E-state index in [0.717, 1.165) is 5.56 Å². The number of anilines is 1. The second kappa shape index (κ2) is 18.4. The van der Waals surface area contributed by atoms with Crippen molar-refractivity contribution in [2.75, 3.05) is 12.3 Å². The minimum atomic E-state index is -4.42. The van der Waals surface area contributed by atoms with Gasteiger partial charge in [-0.2, -0.15) is 4.98 Å². The third kappa shape index (κ3) is 11.0. The highest BCUT2D eigenvalue weighted by Gasteiger charge is 2.46. The van der Waals surface area contributed by atoms with Crippen LogP contribution in [0.4, 0.5) is 5.95 Å². The molecule has 1 saturated heterocycles. The van der Waals surface area contributed by atoms with Gasteiger partial charge in [-0.05, 0) is 53.1 Å². The monoisotopic (exact) mass is 823 g/mol. The average Bonchev–Trinajstić information content (AvgIpc) is 3.71. The number of benzene rings is 3. The fourth-order valence-electron chi connectivity index (χ4n) is 5.48. The van der Waals surface area contributed by atoms with E-state index in [4.69, 9.17) is 38.3 Å². The molecular formula is C37H38N5O13PS. The van der Waals surface area contributed by atoms with E-state index in [1.54, 1.807) is 48.5 Å². The van der Waals surface area contributed by atoms with Crippen LogP contribution in [0.15, 0.2) is 84.1 Å². The highest BCUT2D eigenvalue weighted by molar-refractivity contribution is 7.98. The Balaban J connectivity index is 1.14. The van der Waals surface area contributed by atoms with E-state index in [1.807, 2.05) is 0 Å². The Morgan fingerprint density at radius 2 is 1.25 bits per heavy atom. The van der Waals surface area contributed by atoms with Crippen LogP contribution in [0.25, 0.3) is 11.2 Å². The summed E-state index contributed by atoms with van der Waals surface area (Å²) in [7, 11) is -4.42. The first-order valence-electron chi connectivity index (χ1n) is 17.3. The molecule has 0 bridgehead atoms. The zero-order chi connectivity index (χ0) is 40.7. The number of carbonyl (C=O) groups excluding carboxylic acids is 3. The number of thioether (sulfide) groups is 1. The summed E-state index contributed by atoms with van der Waals surface area (Å²) < 4.78 is 53.7. The zero-order valence-corrected chi connectivity index (χ0v) is 32.5. The molecular weight excluding hydrogens is 785 g/mol. The van der Waals surface area contributed by atoms with Crippen molar-refractivity contribution in [2.45, 2.75) is 69.3 Å². The van der Waals surface area contributed by atoms with Gasteiger partial charge in [-0.3, -0.25) is 32.5 Å². The molecule has 0 aliphatic carbocycles. The van der Waals surface area contributed by atoms with Crippen LogP contribution in [0.5, 0.6) is 17.2 Å². The summed E-state index contributed by atoms with van der Waals surface area (Å²) >= 11 is 1.33. The van der Waals surface area contributed by atoms with Gasteiger partial charge in [-0.25, -0.2) is 14.5 Å². The highest BCUT2D eigenvalue weighted by Crippen LogP contribution is 2.52. The van der Waals surface area contributed by atoms with Gasteiger partial charge >= 0.3 is 25.7 Å². The summed E-state index contributed by atoms with van der Waals surface area (Å²) in [4.78, 5) is 46.9. The first-order chi connectivity index (χ1) is 27.2. The van der Waals surface area contributed by atoms with Crippen molar-refractivity contribution in [3.8, 4) is 17.2 Å². The summed E-state index contributed by atoms with van der Waals surface area (Å²) in [5.41, 5.74) is 8.65. The predicted molar refractivity (Wildman–Crippen MR) is 202 cm³/mol. The number of phosphoric acid groups is 1. The Bertz CT molecular complexity index is 2190. The number of hydrogen-bond acceptors (Lipinski definition) is 18. The predicted octanol–water partition coefficient (Wildman–Crippen LogP) is 4.65. The molecule has 0 spiro atoms. The molecule has 0 saturated carbocycles. The summed E-state index contributed by atoms with van der Waals surface area (Å²) in [5, 5.41) is 22.6. The quantitative estimate of drug-likeness (QED) is 0.0403. The number of imidazole rings is 1. The number of hydrogen-bond donors (Lipinski definition) is 3. The Kier molecular flexibility index (Phi) is 13.3. The molecule has 4 N–H and O–H groups in total. The van der Waals surface area contributed by atoms with Gasteiger partial charge in [0.2, 0.25) is 5.95 Å². The maximum absolute atomic E-state index is 14.0. The third-order valence-corrected chi connectivity index (χ3v) is 10.5. The SMILES string of the molecule is CC(=O)Oc1ccc(COP(=O)(OCc2ccc(OC(C)=O)cc2)OC[C@H]2O[C@@H](n3cnc4c(SCc5ccc(OC(C)=O)cc5)nc(N)nc43)[C@H](O)[C@@H]2O)cc1. The number of esters is 3. The van der Waals surface area contributed by atoms with E-state index in [1.165, 1.54) is 67.7 Å². The lowest BCUT2D eigenvalue weighted by molar-refractivity contribution is -0.132. The van der Waals surface area contributed by atoms with Crippen molar-refractivity contribution in [1.82, 2.24) is 19.5 Å². The summed E-state index contributed by atoms with van der Waals surface area (Å²) in [5.74, 6) is 0.0162. The smallest absolute Gasteiger partial charge is 0.427 e. The van der Waals surface area contributed by atoms with E-state index < -0.39 is 56.9 Å². The number of carbonyl (C=O) groups is 3. The Morgan fingerprint density at radius 1 is 0.754 bits per heavy atom. The molecule has 3 heterocycles. The topological polar surface area (TPSA) is 243 Å². The summed E-state index contributed by atoms with van der Waals surface area (Å²) in [6, 6.07) is 19.5. The summed E-state index contributed by atoms with van der Waals surface area (Å²) in [6.07, 6.45) is -4.10. The molecule has 0 unspecified atom stereocenters. The van der Waals surface area contributed by atoms with Gasteiger partial charge in [0.15, 0.2) is 11.9 Å². The number of aromatic nitrogens is 4. The first kappa shape index (κ1) is 41.4. The number of nitrogens with two attached hydrogens (primary N) is 1. The third-order valence-electron chi connectivity index (χ3n) is 8.12. The van der Waals surface area contributed by atoms with Crippen LogP contribution in [0.1, 0.15) is 43.7 Å². The number of rotatable bonds is 16. The van der Waals surface area contributed by atoms with E-state index in [9.17, 15) is 29.2 Å². The van der Waals surface area contributed by atoms with Crippen LogP contribution in [0, 0.1) is 0 Å². The Labute approximate surface area is 329 Å². The van der Waals surface area contributed by atoms with Crippen LogP contribution >= 0.6 is 19.6 Å². The van der Waals surface area contributed by atoms with Crippen molar-refractivity contribution in [3.05, 3.63) is 95.8 Å². The molecule has 1 aliphatic heterocycles. The number of aliphatic hydroxyl groups is 2. The normalized spacial score (nSPS) is 18.1. The van der Waals surface area contributed by atoms with Crippen molar-refractivity contribution in [2.24, 2.45) is 0 Å². The molecule has 4 atom stereocenters.